The quantitative estimate of drug-likeness (QED) is 0.306. The van der Waals surface area contributed by atoms with Gasteiger partial charge in [-0.05, 0) is 74.2 Å². The summed E-state index contributed by atoms with van der Waals surface area (Å²) < 4.78 is 8.14. The van der Waals surface area contributed by atoms with Crippen LogP contribution in [0.1, 0.15) is 40.2 Å². The van der Waals surface area contributed by atoms with Gasteiger partial charge in [0.05, 0.1) is 24.2 Å². The number of aromatic nitrogens is 2. The molecule has 0 atom stereocenters. The molecule has 1 aromatic heterocycles. The SMILES string of the molecule is Cc1cc(OCCCCn2c(CNC(=O)c3ccccc3)nc3ccccc32)cc(C)c1Cl. The van der Waals surface area contributed by atoms with E-state index >= 15 is 0 Å². The van der Waals surface area contributed by atoms with Crippen LogP contribution in [0.2, 0.25) is 5.02 Å². The summed E-state index contributed by atoms with van der Waals surface area (Å²) in [5, 5.41) is 3.79. The number of benzene rings is 3. The molecule has 6 heteroatoms. The van der Waals surface area contributed by atoms with E-state index in [0.717, 1.165) is 58.1 Å². The smallest absolute Gasteiger partial charge is 0.251 e. The molecule has 0 bridgehead atoms. The van der Waals surface area contributed by atoms with Gasteiger partial charge in [0.2, 0.25) is 0 Å². The van der Waals surface area contributed by atoms with E-state index in [1.54, 1.807) is 0 Å². The zero-order chi connectivity index (χ0) is 23.2. The van der Waals surface area contributed by atoms with Gasteiger partial charge in [0, 0.05) is 17.1 Å². The normalized spacial score (nSPS) is 11.0. The van der Waals surface area contributed by atoms with E-state index < -0.39 is 0 Å². The number of fused-ring (bicyclic) bond motifs is 1. The number of nitrogens with zero attached hydrogens (tertiary/aromatic N) is 2. The number of hydrogen-bond acceptors (Lipinski definition) is 3. The summed E-state index contributed by atoms with van der Waals surface area (Å²) in [5.74, 6) is 1.60. The molecular formula is C27H28ClN3O2. The second-order valence-corrected chi connectivity index (χ2v) is 8.52. The van der Waals surface area contributed by atoms with Crippen LogP contribution in [0.3, 0.4) is 0 Å². The maximum absolute atomic E-state index is 12.5. The molecule has 0 aliphatic carbocycles. The molecule has 0 radical (unpaired) electrons. The molecule has 3 aromatic carbocycles. The number of nitrogens with one attached hydrogen (secondary N) is 1. The van der Waals surface area contributed by atoms with Gasteiger partial charge < -0.3 is 14.6 Å². The molecule has 33 heavy (non-hydrogen) atoms. The van der Waals surface area contributed by atoms with E-state index in [9.17, 15) is 4.79 Å². The highest BCUT2D eigenvalue weighted by Gasteiger charge is 2.12. The minimum Gasteiger partial charge on any atom is -0.494 e. The standard InChI is InChI=1S/C27H28ClN3O2/c1-19-16-22(17-20(2)26(19)28)33-15-9-8-14-31-24-13-7-6-12-23(24)30-25(31)18-29-27(32)21-10-4-3-5-11-21/h3-7,10-13,16-17H,8-9,14-15,18H2,1-2H3,(H,29,32). The summed E-state index contributed by atoms with van der Waals surface area (Å²) >= 11 is 6.24. The molecule has 1 N–H and O–H groups in total. The summed E-state index contributed by atoms with van der Waals surface area (Å²) in [5.41, 5.74) is 4.71. The van der Waals surface area contributed by atoms with Gasteiger partial charge in [0.25, 0.3) is 5.91 Å². The van der Waals surface area contributed by atoms with Crippen LogP contribution in [0.15, 0.2) is 66.7 Å². The average molecular weight is 462 g/mol. The lowest BCUT2D eigenvalue weighted by molar-refractivity contribution is 0.0949. The van der Waals surface area contributed by atoms with Gasteiger partial charge in [-0.1, -0.05) is 41.9 Å². The Morgan fingerprint density at radius 1 is 1.00 bits per heavy atom. The monoisotopic (exact) mass is 461 g/mol. The molecule has 0 saturated heterocycles. The first-order chi connectivity index (χ1) is 16.0. The number of carbonyl (C=O) groups excluding carboxylic acids is 1. The summed E-state index contributed by atoms with van der Waals surface area (Å²) in [6.45, 7) is 5.80. The predicted octanol–water partition coefficient (Wildman–Crippen LogP) is 6.10. The Morgan fingerprint density at radius 3 is 2.45 bits per heavy atom. The van der Waals surface area contributed by atoms with Crippen molar-refractivity contribution in [1.29, 1.82) is 0 Å². The zero-order valence-electron chi connectivity index (χ0n) is 19.0. The first-order valence-electron chi connectivity index (χ1n) is 11.2. The Kier molecular flexibility index (Phi) is 7.30. The largest absolute Gasteiger partial charge is 0.494 e. The third-order valence-electron chi connectivity index (χ3n) is 5.63. The van der Waals surface area contributed by atoms with Crippen LogP contribution in [0, 0.1) is 13.8 Å². The van der Waals surface area contributed by atoms with E-state index in [2.05, 4.69) is 16.0 Å². The van der Waals surface area contributed by atoms with Crippen molar-refractivity contribution in [3.05, 3.63) is 94.3 Å². The maximum Gasteiger partial charge on any atom is 0.251 e. The van der Waals surface area contributed by atoms with Crippen LogP contribution in [-0.2, 0) is 13.1 Å². The van der Waals surface area contributed by atoms with E-state index in [1.807, 2.05) is 74.5 Å². The first-order valence-corrected chi connectivity index (χ1v) is 11.6. The number of imidazole rings is 1. The summed E-state index contributed by atoms with van der Waals surface area (Å²) in [4.78, 5) is 17.2. The Labute approximate surface area is 199 Å². The third kappa shape index (κ3) is 5.55. The van der Waals surface area contributed by atoms with E-state index in [-0.39, 0.29) is 5.91 Å². The van der Waals surface area contributed by atoms with E-state index in [1.165, 1.54) is 0 Å². The molecular weight excluding hydrogens is 434 g/mol. The van der Waals surface area contributed by atoms with Crippen molar-refractivity contribution in [3.63, 3.8) is 0 Å². The summed E-state index contributed by atoms with van der Waals surface area (Å²) in [6.07, 6.45) is 1.84. The van der Waals surface area contributed by atoms with Crippen molar-refractivity contribution >= 4 is 28.5 Å². The molecule has 0 aliphatic heterocycles. The second kappa shape index (κ2) is 10.5. The number of carbonyl (C=O) groups is 1. The van der Waals surface area contributed by atoms with Crippen LogP contribution in [0.25, 0.3) is 11.0 Å². The lowest BCUT2D eigenvalue weighted by atomic mass is 10.1. The molecule has 0 fully saturated rings. The number of rotatable bonds is 9. The fraction of sp³-hybridized carbons (Fsp3) is 0.259. The number of unbranched alkanes of at least 4 members (excludes halogenated alkanes) is 1. The van der Waals surface area contributed by atoms with Crippen molar-refractivity contribution in [2.45, 2.75) is 39.8 Å². The molecule has 5 nitrogen and oxygen atoms in total. The zero-order valence-corrected chi connectivity index (χ0v) is 19.7. The highest BCUT2D eigenvalue weighted by atomic mass is 35.5. The Morgan fingerprint density at radius 2 is 1.70 bits per heavy atom. The van der Waals surface area contributed by atoms with Crippen LogP contribution >= 0.6 is 11.6 Å². The molecule has 0 unspecified atom stereocenters. The highest BCUT2D eigenvalue weighted by Crippen LogP contribution is 2.26. The van der Waals surface area contributed by atoms with Gasteiger partial charge in [-0.3, -0.25) is 4.79 Å². The molecule has 0 aliphatic rings. The fourth-order valence-corrected chi connectivity index (χ4v) is 4.02. The Hall–Kier alpha value is -3.31. The van der Waals surface area contributed by atoms with Crippen LogP contribution in [0.4, 0.5) is 0 Å². The topological polar surface area (TPSA) is 56.1 Å². The molecule has 1 heterocycles. The number of hydrogen-bond donors (Lipinski definition) is 1. The van der Waals surface area contributed by atoms with Gasteiger partial charge in [0.15, 0.2) is 0 Å². The van der Waals surface area contributed by atoms with Gasteiger partial charge in [0.1, 0.15) is 11.6 Å². The second-order valence-electron chi connectivity index (χ2n) is 8.14. The predicted molar refractivity (Wildman–Crippen MR) is 133 cm³/mol. The van der Waals surface area contributed by atoms with Crippen LogP contribution in [0.5, 0.6) is 5.75 Å². The van der Waals surface area contributed by atoms with Crippen molar-refractivity contribution in [3.8, 4) is 5.75 Å². The Bertz CT molecular complexity index is 1230. The number of para-hydroxylation sites is 2. The van der Waals surface area contributed by atoms with Crippen molar-refractivity contribution < 1.29 is 9.53 Å². The number of halogens is 1. The van der Waals surface area contributed by atoms with Crippen LogP contribution in [-0.4, -0.2) is 22.1 Å². The number of ether oxygens (including phenoxy) is 1. The average Bonchev–Trinajstić information content (AvgIpc) is 3.18. The first kappa shape index (κ1) is 22.9. The third-order valence-corrected chi connectivity index (χ3v) is 6.23. The van der Waals surface area contributed by atoms with Gasteiger partial charge in [-0.25, -0.2) is 4.98 Å². The minimum absolute atomic E-state index is 0.101. The molecule has 0 spiro atoms. The Balaban J connectivity index is 1.37. The molecule has 4 aromatic rings. The lowest BCUT2D eigenvalue weighted by Crippen LogP contribution is -2.24. The number of amides is 1. The molecule has 170 valence electrons. The van der Waals surface area contributed by atoms with E-state index in [0.29, 0.717) is 18.7 Å². The van der Waals surface area contributed by atoms with Crippen LogP contribution < -0.4 is 10.1 Å². The molecule has 4 rings (SSSR count). The highest BCUT2D eigenvalue weighted by molar-refractivity contribution is 6.32. The van der Waals surface area contributed by atoms with Crippen molar-refractivity contribution in [2.75, 3.05) is 6.61 Å². The number of aryl methyl sites for hydroxylation is 3. The summed E-state index contributed by atoms with van der Waals surface area (Å²) in [6, 6.07) is 21.3. The lowest BCUT2D eigenvalue weighted by Gasteiger charge is -2.12. The fourth-order valence-electron chi connectivity index (χ4n) is 3.91. The molecule has 0 saturated carbocycles. The van der Waals surface area contributed by atoms with Crippen molar-refractivity contribution in [1.82, 2.24) is 14.9 Å². The van der Waals surface area contributed by atoms with E-state index in [4.69, 9.17) is 21.3 Å². The van der Waals surface area contributed by atoms with Gasteiger partial charge >= 0.3 is 0 Å². The maximum atomic E-state index is 12.5. The van der Waals surface area contributed by atoms with Gasteiger partial charge in [-0.15, -0.1) is 0 Å². The molecule has 1 amide bonds. The summed E-state index contributed by atoms with van der Waals surface area (Å²) in [7, 11) is 0. The minimum atomic E-state index is -0.101. The van der Waals surface area contributed by atoms with Crippen molar-refractivity contribution in [2.24, 2.45) is 0 Å². The van der Waals surface area contributed by atoms with Gasteiger partial charge in [-0.2, -0.15) is 0 Å².